The molecule has 0 spiro atoms. The summed E-state index contributed by atoms with van der Waals surface area (Å²) in [4.78, 5) is 67.9. The quantitative estimate of drug-likeness (QED) is 0.451. The summed E-state index contributed by atoms with van der Waals surface area (Å²) in [5.41, 5.74) is 1.95. The number of amides is 4. The molecule has 0 aromatic heterocycles. The van der Waals surface area contributed by atoms with Crippen LogP contribution in [0.15, 0.2) is 24.3 Å². The van der Waals surface area contributed by atoms with E-state index in [2.05, 4.69) is 0 Å². The Labute approximate surface area is 167 Å². The summed E-state index contributed by atoms with van der Waals surface area (Å²) in [6.07, 6.45) is 2.30. The molecule has 1 aromatic carbocycles. The number of nitrogens with zero attached hydrogens (tertiary/aromatic N) is 2. The molecule has 0 radical (unpaired) electrons. The molecule has 154 valence electrons. The molecule has 2 heterocycles. The molecule has 4 amide bonds. The van der Waals surface area contributed by atoms with Gasteiger partial charge in [-0.05, 0) is 30.4 Å². The monoisotopic (exact) mass is 402 g/mol. The number of aryl methyl sites for hydroxylation is 2. The Kier molecular flexibility index (Phi) is 6.71. The lowest BCUT2D eigenvalue weighted by Gasteiger charge is -2.13. The summed E-state index contributed by atoms with van der Waals surface area (Å²) in [6.45, 7) is 0.256. The Hall–Kier alpha value is -3.07. The van der Waals surface area contributed by atoms with Crippen LogP contribution in [-0.4, -0.2) is 46.3 Å². The average Bonchev–Trinajstić information content (AvgIpc) is 3.19. The van der Waals surface area contributed by atoms with Crippen molar-refractivity contribution in [1.82, 2.24) is 10.1 Å². The molecule has 0 saturated carbocycles. The highest BCUT2D eigenvalue weighted by atomic mass is 16.7. The van der Waals surface area contributed by atoms with Crippen LogP contribution in [0.4, 0.5) is 0 Å². The number of rotatable bonds is 9. The van der Waals surface area contributed by atoms with Crippen LogP contribution in [0.1, 0.15) is 49.7 Å². The Balaban J connectivity index is 1.40. The van der Waals surface area contributed by atoms with Gasteiger partial charge in [0.05, 0.1) is 13.0 Å². The molecule has 9 nitrogen and oxygen atoms in total. The molecule has 2 aliphatic rings. The van der Waals surface area contributed by atoms with Crippen molar-refractivity contribution in [3.05, 3.63) is 35.4 Å². The first-order chi connectivity index (χ1) is 13.9. The van der Waals surface area contributed by atoms with E-state index in [1.165, 1.54) is 0 Å². The van der Waals surface area contributed by atoms with Crippen LogP contribution in [0.5, 0.6) is 0 Å². The highest BCUT2D eigenvalue weighted by Crippen LogP contribution is 2.15. The summed E-state index contributed by atoms with van der Waals surface area (Å²) in [6, 6.07) is 7.64. The highest BCUT2D eigenvalue weighted by molar-refractivity contribution is 6.01. The lowest BCUT2D eigenvalue weighted by atomic mass is 10.0. The zero-order valence-corrected chi connectivity index (χ0v) is 15.9. The Bertz CT molecular complexity index is 804. The lowest BCUT2D eigenvalue weighted by Crippen LogP contribution is -2.32. The van der Waals surface area contributed by atoms with Crippen molar-refractivity contribution in [1.29, 1.82) is 0 Å². The smallest absolute Gasteiger partial charge is 0.330 e. The van der Waals surface area contributed by atoms with Gasteiger partial charge in [0, 0.05) is 25.7 Å². The minimum atomic E-state index is -0.632. The van der Waals surface area contributed by atoms with Crippen LogP contribution in [0.3, 0.4) is 0 Å². The largest absolute Gasteiger partial charge is 0.333 e. The van der Waals surface area contributed by atoms with E-state index in [4.69, 9.17) is 9.68 Å². The molecule has 29 heavy (non-hydrogen) atoms. The number of hydrogen-bond acceptors (Lipinski definition) is 7. The molecular formula is C20H22N2O7. The molecule has 0 N–H and O–H groups in total. The third-order valence-electron chi connectivity index (χ3n) is 4.64. The number of carbonyl (C=O) groups is 5. The van der Waals surface area contributed by atoms with Crippen LogP contribution in [0.2, 0.25) is 0 Å². The molecule has 2 fully saturated rings. The molecule has 2 saturated heterocycles. The van der Waals surface area contributed by atoms with E-state index in [1.807, 2.05) is 24.3 Å². The van der Waals surface area contributed by atoms with E-state index < -0.39 is 17.8 Å². The van der Waals surface area contributed by atoms with Crippen LogP contribution in [0.25, 0.3) is 0 Å². The predicted molar refractivity (Wildman–Crippen MR) is 97.3 cm³/mol. The Morgan fingerprint density at radius 2 is 1.38 bits per heavy atom. The second-order valence-electron chi connectivity index (χ2n) is 6.88. The van der Waals surface area contributed by atoms with Crippen molar-refractivity contribution < 1.29 is 33.6 Å². The van der Waals surface area contributed by atoms with E-state index in [9.17, 15) is 24.0 Å². The summed E-state index contributed by atoms with van der Waals surface area (Å²) in [5, 5.41) is 1.40. The van der Waals surface area contributed by atoms with Gasteiger partial charge < -0.3 is 4.84 Å². The summed E-state index contributed by atoms with van der Waals surface area (Å²) >= 11 is 0. The first-order valence-corrected chi connectivity index (χ1v) is 9.57. The van der Waals surface area contributed by atoms with E-state index in [0.29, 0.717) is 24.3 Å². The van der Waals surface area contributed by atoms with Gasteiger partial charge in [-0.2, -0.15) is 5.06 Å². The van der Waals surface area contributed by atoms with Crippen molar-refractivity contribution >= 4 is 29.6 Å². The molecule has 2 aliphatic heterocycles. The normalized spacial score (nSPS) is 16.8. The van der Waals surface area contributed by atoms with Crippen LogP contribution < -0.4 is 0 Å². The van der Waals surface area contributed by atoms with Gasteiger partial charge in [-0.25, -0.2) is 4.79 Å². The summed E-state index contributed by atoms with van der Waals surface area (Å²) in [5.74, 6) is -2.23. The molecule has 0 unspecified atom stereocenters. The van der Waals surface area contributed by atoms with Crippen LogP contribution in [-0.2, 0) is 46.5 Å². The molecule has 0 aliphatic carbocycles. The zero-order valence-electron chi connectivity index (χ0n) is 15.9. The summed E-state index contributed by atoms with van der Waals surface area (Å²) in [7, 11) is 0. The highest BCUT2D eigenvalue weighted by Gasteiger charge is 2.32. The lowest BCUT2D eigenvalue weighted by molar-refractivity contribution is -0.197. The zero-order chi connectivity index (χ0) is 20.8. The number of carbonyl (C=O) groups excluding carboxylic acids is 5. The standard InChI is InChI=1S/C20H22N2O7/c23-16-7-8-17(24)21(16)28-12-2-5-14-3-1-4-15(13-14)6-11-20(27)29-22-18(25)9-10-19(22)26/h1,3-4,13H,2,5-12H2. The van der Waals surface area contributed by atoms with Gasteiger partial charge in [0.1, 0.15) is 0 Å². The van der Waals surface area contributed by atoms with Crippen LogP contribution in [0, 0.1) is 0 Å². The van der Waals surface area contributed by atoms with Gasteiger partial charge in [0.15, 0.2) is 0 Å². The average molecular weight is 402 g/mol. The fraction of sp³-hybridized carbons (Fsp3) is 0.450. The Morgan fingerprint density at radius 3 is 2.00 bits per heavy atom. The second kappa shape index (κ2) is 9.42. The fourth-order valence-electron chi connectivity index (χ4n) is 3.12. The Morgan fingerprint density at radius 1 is 0.828 bits per heavy atom. The van der Waals surface area contributed by atoms with E-state index in [0.717, 1.165) is 16.2 Å². The van der Waals surface area contributed by atoms with Gasteiger partial charge in [-0.1, -0.05) is 24.3 Å². The third-order valence-corrected chi connectivity index (χ3v) is 4.64. The van der Waals surface area contributed by atoms with Gasteiger partial charge in [0.25, 0.3) is 23.6 Å². The van der Waals surface area contributed by atoms with E-state index >= 15 is 0 Å². The fourth-order valence-corrected chi connectivity index (χ4v) is 3.12. The minimum Gasteiger partial charge on any atom is -0.330 e. The maximum atomic E-state index is 11.9. The van der Waals surface area contributed by atoms with Crippen molar-refractivity contribution in [3.8, 4) is 0 Å². The molecule has 0 atom stereocenters. The van der Waals surface area contributed by atoms with Crippen LogP contribution >= 0.6 is 0 Å². The number of benzene rings is 1. The maximum absolute atomic E-state index is 11.9. The first-order valence-electron chi connectivity index (χ1n) is 9.57. The third kappa shape index (κ3) is 5.47. The van der Waals surface area contributed by atoms with Gasteiger partial charge >= 0.3 is 5.97 Å². The van der Waals surface area contributed by atoms with E-state index in [-0.39, 0.29) is 50.5 Å². The SMILES string of the molecule is O=C(CCc1cccc(CCCON2C(=O)CCC2=O)c1)ON1C(=O)CCC1=O. The molecule has 9 heteroatoms. The molecule has 1 aromatic rings. The number of hydrogen-bond donors (Lipinski definition) is 0. The maximum Gasteiger partial charge on any atom is 0.333 e. The minimum absolute atomic E-state index is 0.0445. The molecule has 3 rings (SSSR count). The topological polar surface area (TPSA) is 110 Å². The first kappa shape index (κ1) is 20.7. The second-order valence-corrected chi connectivity index (χ2v) is 6.88. The van der Waals surface area contributed by atoms with E-state index in [1.54, 1.807) is 0 Å². The van der Waals surface area contributed by atoms with Gasteiger partial charge in [0.2, 0.25) is 0 Å². The number of hydroxylamine groups is 4. The predicted octanol–water partition coefficient (Wildman–Crippen LogP) is 1.24. The van der Waals surface area contributed by atoms with Crippen molar-refractivity contribution in [2.24, 2.45) is 0 Å². The summed E-state index contributed by atoms with van der Waals surface area (Å²) < 4.78 is 0. The van der Waals surface area contributed by atoms with Gasteiger partial charge in [-0.15, -0.1) is 5.06 Å². The molecule has 0 bridgehead atoms. The molecular weight excluding hydrogens is 380 g/mol. The number of imide groups is 2. The van der Waals surface area contributed by atoms with Crippen molar-refractivity contribution in [2.75, 3.05) is 6.61 Å². The van der Waals surface area contributed by atoms with Gasteiger partial charge in [-0.3, -0.25) is 24.0 Å². The van der Waals surface area contributed by atoms with Crippen molar-refractivity contribution in [3.63, 3.8) is 0 Å². The van der Waals surface area contributed by atoms with Crippen molar-refractivity contribution in [2.45, 2.75) is 51.4 Å².